The van der Waals surface area contributed by atoms with Crippen LogP contribution in [0.3, 0.4) is 0 Å². The molecule has 4 heterocycles. The molecule has 6 nitrogen and oxygen atoms in total. The second-order valence-corrected chi connectivity index (χ2v) is 8.18. The van der Waals surface area contributed by atoms with Crippen molar-refractivity contribution in [2.24, 2.45) is 0 Å². The van der Waals surface area contributed by atoms with Gasteiger partial charge in [0.25, 0.3) is 11.5 Å². The van der Waals surface area contributed by atoms with Crippen molar-refractivity contribution in [3.8, 4) is 0 Å². The molecular weight excluding hydrogens is 360 g/mol. The van der Waals surface area contributed by atoms with Gasteiger partial charge in [-0.15, -0.1) is 0 Å². The molecule has 1 aromatic carbocycles. The van der Waals surface area contributed by atoms with Crippen LogP contribution in [0.4, 0.5) is 0 Å². The second-order valence-electron chi connectivity index (χ2n) is 7.12. The standard InChI is InChI=1S/C20H20N4O2S/c25-18(16-12-22-20-24(19(16)26)9-10-27-20)23-7-5-13(6-8-23)15-11-21-17-4-2-1-3-14(15)17/h1-4,11-13,21H,5-10H2. The maximum Gasteiger partial charge on any atom is 0.267 e. The fraction of sp³-hybridized carbons (Fsp3) is 0.350. The van der Waals surface area contributed by atoms with E-state index in [4.69, 9.17) is 0 Å². The van der Waals surface area contributed by atoms with Crippen molar-refractivity contribution in [3.63, 3.8) is 0 Å². The Bertz CT molecular complexity index is 1080. The third kappa shape index (κ3) is 2.77. The van der Waals surface area contributed by atoms with Gasteiger partial charge in [0, 0.05) is 48.7 Å². The number of aromatic nitrogens is 3. The van der Waals surface area contributed by atoms with Gasteiger partial charge in [-0.1, -0.05) is 30.0 Å². The molecule has 2 aromatic heterocycles. The lowest BCUT2D eigenvalue weighted by atomic mass is 9.89. The van der Waals surface area contributed by atoms with E-state index in [0.717, 1.165) is 29.3 Å². The number of carbonyl (C=O) groups is 1. The maximum absolute atomic E-state index is 12.9. The summed E-state index contributed by atoms with van der Waals surface area (Å²) in [5, 5.41) is 1.98. The summed E-state index contributed by atoms with van der Waals surface area (Å²) in [6.45, 7) is 1.97. The molecule has 1 N–H and O–H groups in total. The van der Waals surface area contributed by atoms with Gasteiger partial charge >= 0.3 is 0 Å². The number of hydrogen-bond donors (Lipinski definition) is 1. The molecule has 0 spiro atoms. The zero-order valence-electron chi connectivity index (χ0n) is 14.9. The minimum absolute atomic E-state index is 0.183. The van der Waals surface area contributed by atoms with E-state index in [-0.39, 0.29) is 17.0 Å². The van der Waals surface area contributed by atoms with Gasteiger partial charge in [-0.05, 0) is 30.4 Å². The lowest BCUT2D eigenvalue weighted by molar-refractivity contribution is 0.0710. The summed E-state index contributed by atoms with van der Waals surface area (Å²) in [4.78, 5) is 34.9. The molecule has 27 heavy (non-hydrogen) atoms. The number of piperidine rings is 1. The molecule has 138 valence electrons. The Morgan fingerprint density at radius 2 is 2.00 bits per heavy atom. The van der Waals surface area contributed by atoms with Crippen LogP contribution in [0.1, 0.15) is 34.7 Å². The first-order chi connectivity index (χ1) is 13.2. The predicted octanol–water partition coefficient (Wildman–Crippen LogP) is 2.85. The van der Waals surface area contributed by atoms with Crippen LogP contribution in [0.15, 0.2) is 46.6 Å². The van der Waals surface area contributed by atoms with E-state index in [9.17, 15) is 9.59 Å². The second kappa shape index (κ2) is 6.56. The van der Waals surface area contributed by atoms with E-state index in [1.807, 2.05) is 6.07 Å². The summed E-state index contributed by atoms with van der Waals surface area (Å²) in [6.07, 6.45) is 5.37. The Morgan fingerprint density at radius 1 is 1.19 bits per heavy atom. The SMILES string of the molecule is O=C(c1cnc2n(c1=O)CCS2)N1CCC(c2c[nH]c3ccccc23)CC1. The fourth-order valence-corrected chi connectivity index (χ4v) is 5.07. The molecule has 3 aromatic rings. The van der Waals surface area contributed by atoms with Crippen molar-refractivity contribution in [1.82, 2.24) is 19.4 Å². The highest BCUT2D eigenvalue weighted by Gasteiger charge is 2.28. The van der Waals surface area contributed by atoms with Crippen LogP contribution >= 0.6 is 11.8 Å². The Kier molecular flexibility index (Phi) is 4.04. The van der Waals surface area contributed by atoms with Crippen molar-refractivity contribution in [1.29, 1.82) is 0 Å². The predicted molar refractivity (Wildman–Crippen MR) is 105 cm³/mol. The number of fused-ring (bicyclic) bond motifs is 2. The highest BCUT2D eigenvalue weighted by atomic mass is 32.2. The fourth-order valence-electron chi connectivity index (χ4n) is 4.16. The monoisotopic (exact) mass is 380 g/mol. The largest absolute Gasteiger partial charge is 0.361 e. The lowest BCUT2D eigenvalue weighted by Crippen LogP contribution is -2.41. The number of nitrogens with one attached hydrogen (secondary N) is 1. The van der Waals surface area contributed by atoms with Crippen LogP contribution in [0.25, 0.3) is 10.9 Å². The average molecular weight is 380 g/mol. The first kappa shape index (κ1) is 16.6. The van der Waals surface area contributed by atoms with Crippen molar-refractivity contribution in [3.05, 3.63) is 58.1 Å². The number of H-pyrrole nitrogens is 1. The summed E-state index contributed by atoms with van der Waals surface area (Å²) in [5.41, 5.74) is 2.48. The zero-order chi connectivity index (χ0) is 18.4. The van der Waals surface area contributed by atoms with Crippen molar-refractivity contribution in [2.45, 2.75) is 30.5 Å². The van der Waals surface area contributed by atoms with Crippen LogP contribution in [0.2, 0.25) is 0 Å². The van der Waals surface area contributed by atoms with Gasteiger partial charge < -0.3 is 9.88 Å². The van der Waals surface area contributed by atoms with Gasteiger partial charge in [-0.25, -0.2) is 4.98 Å². The quantitative estimate of drug-likeness (QED) is 0.694. The van der Waals surface area contributed by atoms with Gasteiger partial charge in [-0.3, -0.25) is 14.2 Å². The number of likely N-dealkylation sites (tertiary alicyclic amines) is 1. The van der Waals surface area contributed by atoms with Crippen molar-refractivity contribution < 1.29 is 4.79 Å². The number of hydrogen-bond acceptors (Lipinski definition) is 4. The first-order valence-corrected chi connectivity index (χ1v) is 10.3. The van der Waals surface area contributed by atoms with E-state index in [2.05, 4.69) is 34.4 Å². The van der Waals surface area contributed by atoms with Gasteiger partial charge in [0.05, 0.1) is 0 Å². The smallest absolute Gasteiger partial charge is 0.267 e. The Labute approximate surface area is 160 Å². The molecular formula is C20H20N4O2S. The van der Waals surface area contributed by atoms with Gasteiger partial charge in [-0.2, -0.15) is 0 Å². The number of carbonyl (C=O) groups excluding carboxylic acids is 1. The molecule has 0 aliphatic carbocycles. The van der Waals surface area contributed by atoms with Crippen LogP contribution in [0, 0.1) is 0 Å². The normalized spacial score (nSPS) is 17.4. The highest BCUT2D eigenvalue weighted by molar-refractivity contribution is 7.99. The maximum atomic E-state index is 12.9. The van der Waals surface area contributed by atoms with E-state index in [0.29, 0.717) is 25.6 Å². The van der Waals surface area contributed by atoms with Crippen LogP contribution in [0.5, 0.6) is 0 Å². The summed E-state index contributed by atoms with van der Waals surface area (Å²) >= 11 is 1.56. The average Bonchev–Trinajstić information content (AvgIpc) is 3.35. The summed E-state index contributed by atoms with van der Waals surface area (Å²) < 4.78 is 1.62. The first-order valence-electron chi connectivity index (χ1n) is 9.30. The molecule has 7 heteroatoms. The van der Waals surface area contributed by atoms with Gasteiger partial charge in [0.15, 0.2) is 5.16 Å². The molecule has 0 radical (unpaired) electrons. The summed E-state index contributed by atoms with van der Waals surface area (Å²) in [6, 6.07) is 8.33. The van der Waals surface area contributed by atoms with E-state index >= 15 is 0 Å². The summed E-state index contributed by atoms with van der Waals surface area (Å²) in [5.74, 6) is 1.09. The highest BCUT2D eigenvalue weighted by Crippen LogP contribution is 2.33. The topological polar surface area (TPSA) is 71.0 Å². The third-order valence-corrected chi connectivity index (χ3v) is 6.60. The number of para-hydroxylation sites is 1. The van der Waals surface area contributed by atoms with Crippen LogP contribution < -0.4 is 5.56 Å². The molecule has 1 amide bonds. The van der Waals surface area contributed by atoms with Crippen molar-refractivity contribution in [2.75, 3.05) is 18.8 Å². The molecule has 2 aliphatic heterocycles. The number of nitrogens with zero attached hydrogens (tertiary/aromatic N) is 3. The minimum Gasteiger partial charge on any atom is -0.361 e. The summed E-state index contributed by atoms with van der Waals surface area (Å²) in [7, 11) is 0. The van der Waals surface area contributed by atoms with E-state index in [1.165, 1.54) is 17.1 Å². The Balaban J connectivity index is 1.33. The zero-order valence-corrected chi connectivity index (χ0v) is 15.7. The number of amides is 1. The third-order valence-electron chi connectivity index (χ3n) is 5.63. The minimum atomic E-state index is -0.200. The van der Waals surface area contributed by atoms with Gasteiger partial charge in [0.2, 0.25) is 0 Å². The number of benzene rings is 1. The molecule has 0 bridgehead atoms. The lowest BCUT2D eigenvalue weighted by Gasteiger charge is -2.32. The molecule has 0 unspecified atom stereocenters. The van der Waals surface area contributed by atoms with Crippen LogP contribution in [-0.2, 0) is 6.54 Å². The molecule has 2 aliphatic rings. The molecule has 0 saturated carbocycles. The molecule has 5 rings (SSSR count). The number of rotatable bonds is 2. The molecule has 0 atom stereocenters. The van der Waals surface area contributed by atoms with Gasteiger partial charge in [0.1, 0.15) is 5.56 Å². The van der Waals surface area contributed by atoms with E-state index in [1.54, 1.807) is 21.2 Å². The number of aromatic amines is 1. The van der Waals surface area contributed by atoms with Crippen molar-refractivity contribution >= 4 is 28.6 Å². The van der Waals surface area contributed by atoms with Crippen LogP contribution in [-0.4, -0.2) is 44.2 Å². The number of thioether (sulfide) groups is 1. The Morgan fingerprint density at radius 3 is 2.85 bits per heavy atom. The Hall–Kier alpha value is -2.54. The molecule has 1 saturated heterocycles. The molecule has 1 fully saturated rings. The van der Waals surface area contributed by atoms with E-state index < -0.39 is 0 Å².